The molecule has 2 aromatic rings. The number of nitrogens with one attached hydrogen (secondary N) is 1. The van der Waals surface area contributed by atoms with Crippen molar-refractivity contribution in [3.63, 3.8) is 0 Å². The number of halogens is 1. The highest BCUT2D eigenvalue weighted by Crippen LogP contribution is 2.32. The van der Waals surface area contributed by atoms with Crippen molar-refractivity contribution in [2.24, 2.45) is 0 Å². The SMILES string of the molecule is O=C(COC(=O)c1cccc(F)c1)Nc1ccc2c(c1)OCCCO2. The van der Waals surface area contributed by atoms with E-state index in [9.17, 15) is 14.0 Å². The van der Waals surface area contributed by atoms with Crippen LogP contribution in [0.5, 0.6) is 11.5 Å². The van der Waals surface area contributed by atoms with Gasteiger partial charge in [-0.25, -0.2) is 9.18 Å². The van der Waals surface area contributed by atoms with Crippen molar-refractivity contribution in [2.75, 3.05) is 25.1 Å². The molecule has 0 spiro atoms. The molecule has 0 unspecified atom stereocenters. The number of benzene rings is 2. The number of carbonyl (C=O) groups is 2. The van der Waals surface area contributed by atoms with Gasteiger partial charge in [0, 0.05) is 18.2 Å². The number of hydrogen-bond donors (Lipinski definition) is 1. The lowest BCUT2D eigenvalue weighted by molar-refractivity contribution is -0.119. The first kappa shape index (κ1) is 16.8. The Bertz CT molecular complexity index is 793. The van der Waals surface area contributed by atoms with Crippen LogP contribution in [-0.4, -0.2) is 31.7 Å². The van der Waals surface area contributed by atoms with Crippen molar-refractivity contribution in [3.8, 4) is 11.5 Å². The molecule has 2 aromatic carbocycles. The fraction of sp³-hybridized carbons (Fsp3) is 0.222. The number of amides is 1. The minimum atomic E-state index is -0.770. The van der Waals surface area contributed by atoms with Gasteiger partial charge < -0.3 is 19.5 Å². The third-order valence-electron chi connectivity index (χ3n) is 3.43. The van der Waals surface area contributed by atoms with Gasteiger partial charge >= 0.3 is 5.97 Å². The number of fused-ring (bicyclic) bond motifs is 1. The molecule has 1 aliphatic heterocycles. The number of esters is 1. The first-order chi connectivity index (χ1) is 12.1. The van der Waals surface area contributed by atoms with E-state index in [-0.39, 0.29) is 5.56 Å². The Kier molecular flexibility index (Phi) is 5.13. The van der Waals surface area contributed by atoms with Gasteiger partial charge in [-0.1, -0.05) is 6.07 Å². The number of carbonyl (C=O) groups excluding carboxylic acids is 2. The summed E-state index contributed by atoms with van der Waals surface area (Å²) in [5.41, 5.74) is 0.541. The van der Waals surface area contributed by atoms with Crippen LogP contribution >= 0.6 is 0 Å². The number of ether oxygens (including phenoxy) is 3. The fourth-order valence-corrected chi connectivity index (χ4v) is 2.27. The summed E-state index contributed by atoms with van der Waals surface area (Å²) in [4.78, 5) is 23.7. The van der Waals surface area contributed by atoms with Crippen LogP contribution < -0.4 is 14.8 Å². The minimum Gasteiger partial charge on any atom is -0.490 e. The Morgan fingerprint density at radius 2 is 1.88 bits per heavy atom. The van der Waals surface area contributed by atoms with Crippen LogP contribution in [-0.2, 0) is 9.53 Å². The maximum absolute atomic E-state index is 13.1. The van der Waals surface area contributed by atoms with Gasteiger partial charge in [0.25, 0.3) is 5.91 Å². The molecule has 7 heteroatoms. The topological polar surface area (TPSA) is 73.9 Å². The summed E-state index contributed by atoms with van der Waals surface area (Å²) in [7, 11) is 0. The predicted octanol–water partition coefficient (Wildman–Crippen LogP) is 2.78. The summed E-state index contributed by atoms with van der Waals surface area (Å²) >= 11 is 0. The summed E-state index contributed by atoms with van der Waals surface area (Å²) in [6.07, 6.45) is 0.784. The molecule has 0 bridgehead atoms. The van der Waals surface area contributed by atoms with Gasteiger partial charge in [0.15, 0.2) is 18.1 Å². The highest BCUT2D eigenvalue weighted by Gasteiger charge is 2.14. The molecule has 25 heavy (non-hydrogen) atoms. The van der Waals surface area contributed by atoms with E-state index < -0.39 is 24.3 Å². The van der Waals surface area contributed by atoms with Crippen LogP contribution in [0.15, 0.2) is 42.5 Å². The van der Waals surface area contributed by atoms with Gasteiger partial charge in [0.2, 0.25) is 0 Å². The van der Waals surface area contributed by atoms with E-state index in [4.69, 9.17) is 14.2 Å². The van der Waals surface area contributed by atoms with Crippen molar-refractivity contribution in [2.45, 2.75) is 6.42 Å². The van der Waals surface area contributed by atoms with Gasteiger partial charge in [-0.3, -0.25) is 4.79 Å². The zero-order valence-corrected chi connectivity index (χ0v) is 13.3. The maximum Gasteiger partial charge on any atom is 0.338 e. The Morgan fingerprint density at radius 3 is 2.68 bits per heavy atom. The molecule has 1 aliphatic rings. The summed E-state index contributed by atoms with van der Waals surface area (Å²) in [5, 5.41) is 2.60. The van der Waals surface area contributed by atoms with Gasteiger partial charge in [0.05, 0.1) is 18.8 Å². The number of hydrogen-bond acceptors (Lipinski definition) is 5. The van der Waals surface area contributed by atoms with Crippen molar-refractivity contribution in [3.05, 3.63) is 53.8 Å². The molecule has 1 amide bonds. The zero-order chi connectivity index (χ0) is 17.6. The second-order valence-corrected chi connectivity index (χ2v) is 5.35. The molecule has 0 radical (unpaired) electrons. The molecule has 0 fully saturated rings. The van der Waals surface area contributed by atoms with E-state index >= 15 is 0 Å². The summed E-state index contributed by atoms with van der Waals surface area (Å²) in [5.74, 6) is -0.668. The highest BCUT2D eigenvalue weighted by atomic mass is 19.1. The van der Waals surface area contributed by atoms with E-state index in [2.05, 4.69) is 5.32 Å². The molecule has 6 nitrogen and oxygen atoms in total. The molecule has 1 N–H and O–H groups in total. The highest BCUT2D eigenvalue weighted by molar-refractivity contribution is 5.95. The van der Waals surface area contributed by atoms with Crippen LogP contribution in [0.3, 0.4) is 0 Å². The lowest BCUT2D eigenvalue weighted by Gasteiger charge is -2.10. The van der Waals surface area contributed by atoms with Gasteiger partial charge in [0.1, 0.15) is 5.82 Å². The van der Waals surface area contributed by atoms with Crippen LogP contribution in [0, 0.1) is 5.82 Å². The van der Waals surface area contributed by atoms with Crippen molar-refractivity contribution < 1.29 is 28.2 Å². The molecular formula is C18H16FNO5. The maximum atomic E-state index is 13.1. The summed E-state index contributed by atoms with van der Waals surface area (Å²) < 4.78 is 29.0. The molecule has 0 aromatic heterocycles. The standard InChI is InChI=1S/C18H16FNO5/c19-13-4-1-3-12(9-13)18(22)25-11-17(21)20-14-5-6-15-16(10-14)24-8-2-7-23-15/h1,3-6,9-10H,2,7-8,11H2,(H,20,21). The molecule has 0 saturated heterocycles. The average Bonchev–Trinajstić information content (AvgIpc) is 2.84. The first-order valence-corrected chi connectivity index (χ1v) is 7.74. The average molecular weight is 345 g/mol. The molecule has 3 rings (SSSR count). The Hall–Kier alpha value is -3.09. The zero-order valence-electron chi connectivity index (χ0n) is 13.3. The molecule has 0 aliphatic carbocycles. The normalized spacial score (nSPS) is 12.8. The molecule has 1 heterocycles. The minimum absolute atomic E-state index is 0.0448. The Morgan fingerprint density at radius 1 is 1.08 bits per heavy atom. The third-order valence-corrected chi connectivity index (χ3v) is 3.43. The van der Waals surface area contributed by atoms with E-state index in [0.717, 1.165) is 12.5 Å². The van der Waals surface area contributed by atoms with Crippen molar-refractivity contribution >= 4 is 17.6 Å². The third kappa shape index (κ3) is 4.47. The van der Waals surface area contributed by atoms with Crippen molar-refractivity contribution in [1.82, 2.24) is 0 Å². The van der Waals surface area contributed by atoms with E-state index in [1.807, 2.05) is 0 Å². The Balaban J connectivity index is 1.56. The first-order valence-electron chi connectivity index (χ1n) is 7.74. The van der Waals surface area contributed by atoms with E-state index in [1.54, 1.807) is 18.2 Å². The van der Waals surface area contributed by atoms with E-state index in [1.165, 1.54) is 18.2 Å². The lowest BCUT2D eigenvalue weighted by Crippen LogP contribution is -2.21. The predicted molar refractivity (Wildman–Crippen MR) is 87.4 cm³/mol. The number of rotatable bonds is 4. The fourth-order valence-electron chi connectivity index (χ4n) is 2.27. The van der Waals surface area contributed by atoms with E-state index in [0.29, 0.717) is 30.4 Å². The van der Waals surface area contributed by atoms with Crippen LogP contribution in [0.25, 0.3) is 0 Å². The smallest absolute Gasteiger partial charge is 0.338 e. The number of anilines is 1. The summed E-state index contributed by atoms with van der Waals surface area (Å²) in [6, 6.07) is 10.1. The van der Waals surface area contributed by atoms with Crippen LogP contribution in [0.1, 0.15) is 16.8 Å². The monoisotopic (exact) mass is 345 g/mol. The second kappa shape index (κ2) is 7.65. The van der Waals surface area contributed by atoms with Gasteiger partial charge in [-0.05, 0) is 30.3 Å². The summed E-state index contributed by atoms with van der Waals surface area (Å²) in [6.45, 7) is 0.633. The van der Waals surface area contributed by atoms with Gasteiger partial charge in [-0.15, -0.1) is 0 Å². The molecule has 0 atom stereocenters. The van der Waals surface area contributed by atoms with Crippen LogP contribution in [0.2, 0.25) is 0 Å². The largest absolute Gasteiger partial charge is 0.490 e. The molecule has 0 saturated carbocycles. The van der Waals surface area contributed by atoms with Gasteiger partial charge in [-0.2, -0.15) is 0 Å². The molecule has 130 valence electrons. The lowest BCUT2D eigenvalue weighted by atomic mass is 10.2. The van der Waals surface area contributed by atoms with Crippen LogP contribution in [0.4, 0.5) is 10.1 Å². The molecular weight excluding hydrogens is 329 g/mol. The Labute approximate surface area is 143 Å². The quantitative estimate of drug-likeness (QED) is 0.863. The second-order valence-electron chi connectivity index (χ2n) is 5.35. The van der Waals surface area contributed by atoms with Crippen molar-refractivity contribution in [1.29, 1.82) is 0 Å².